The summed E-state index contributed by atoms with van der Waals surface area (Å²) in [7, 11) is 0. The Hall–Kier alpha value is -0.170. The smallest absolute Gasteiger partial charge is 0.128 e. The molecular weight excluding hydrogens is 264 g/mol. The second kappa shape index (κ2) is 6.84. The first-order chi connectivity index (χ1) is 8.81. The van der Waals surface area contributed by atoms with Crippen molar-refractivity contribution in [2.45, 2.75) is 43.4 Å². The second-order valence-electron chi connectivity index (χ2n) is 4.37. The Labute approximate surface area is 117 Å². The van der Waals surface area contributed by atoms with Crippen LogP contribution in [0.25, 0.3) is 0 Å². The summed E-state index contributed by atoms with van der Waals surface area (Å²) in [4.78, 5) is 4.50. The topological polar surface area (TPSA) is 55.9 Å². The van der Waals surface area contributed by atoms with E-state index in [1.807, 2.05) is 24.2 Å². The van der Waals surface area contributed by atoms with Gasteiger partial charge in [0, 0.05) is 40.9 Å². The minimum Gasteiger partial charge on any atom is -0.334 e. The van der Waals surface area contributed by atoms with E-state index in [4.69, 9.17) is 5.84 Å². The fourth-order valence-corrected chi connectivity index (χ4v) is 5.63. The van der Waals surface area contributed by atoms with Crippen LogP contribution in [0.15, 0.2) is 12.4 Å². The van der Waals surface area contributed by atoms with Gasteiger partial charge in [0.1, 0.15) is 5.82 Å². The Morgan fingerprint density at radius 3 is 2.94 bits per heavy atom. The minimum absolute atomic E-state index is 0.141. The third-order valence-electron chi connectivity index (χ3n) is 3.37. The molecule has 2 rings (SSSR count). The minimum atomic E-state index is 0.141. The fourth-order valence-electron chi connectivity index (χ4n) is 2.43. The standard InChI is InChI=1S/C12H22N4S2/c1-3-9-11(18-8-7-17-9)10(15-13)12-14-5-6-16(12)4-2/h5-6,9-11,15H,3-4,7-8,13H2,1-2H3. The van der Waals surface area contributed by atoms with Crippen molar-refractivity contribution in [2.24, 2.45) is 5.84 Å². The Morgan fingerprint density at radius 2 is 2.28 bits per heavy atom. The molecule has 3 atom stereocenters. The summed E-state index contributed by atoms with van der Waals surface area (Å²) in [6.07, 6.45) is 5.08. The molecule has 1 saturated heterocycles. The van der Waals surface area contributed by atoms with E-state index in [1.54, 1.807) is 0 Å². The predicted molar refractivity (Wildman–Crippen MR) is 80.7 cm³/mol. The number of imidazole rings is 1. The van der Waals surface area contributed by atoms with Gasteiger partial charge in [0.2, 0.25) is 0 Å². The number of hydrazine groups is 1. The third kappa shape index (κ3) is 2.87. The summed E-state index contributed by atoms with van der Waals surface area (Å²) in [6.45, 7) is 5.34. The van der Waals surface area contributed by atoms with Crippen LogP contribution in [0.3, 0.4) is 0 Å². The number of thioether (sulfide) groups is 2. The van der Waals surface area contributed by atoms with Crippen molar-refractivity contribution in [3.8, 4) is 0 Å². The first-order valence-electron chi connectivity index (χ1n) is 6.52. The van der Waals surface area contributed by atoms with Crippen molar-refractivity contribution in [1.82, 2.24) is 15.0 Å². The van der Waals surface area contributed by atoms with Crippen LogP contribution < -0.4 is 11.3 Å². The van der Waals surface area contributed by atoms with E-state index >= 15 is 0 Å². The zero-order chi connectivity index (χ0) is 13.0. The molecule has 0 aliphatic carbocycles. The molecule has 6 heteroatoms. The van der Waals surface area contributed by atoms with Crippen molar-refractivity contribution < 1.29 is 0 Å². The highest BCUT2D eigenvalue weighted by atomic mass is 32.2. The van der Waals surface area contributed by atoms with Gasteiger partial charge in [-0.05, 0) is 13.3 Å². The van der Waals surface area contributed by atoms with Crippen LogP contribution in [0.2, 0.25) is 0 Å². The molecular formula is C12H22N4S2. The summed E-state index contributed by atoms with van der Waals surface area (Å²) < 4.78 is 2.18. The molecule has 0 spiro atoms. The highest BCUT2D eigenvalue weighted by molar-refractivity contribution is 8.07. The fraction of sp³-hybridized carbons (Fsp3) is 0.750. The number of aromatic nitrogens is 2. The number of nitrogens with two attached hydrogens (primary N) is 1. The third-order valence-corrected chi connectivity index (χ3v) is 6.72. The summed E-state index contributed by atoms with van der Waals surface area (Å²) in [5.74, 6) is 9.33. The van der Waals surface area contributed by atoms with Gasteiger partial charge in [-0.2, -0.15) is 23.5 Å². The highest BCUT2D eigenvalue weighted by Crippen LogP contribution is 2.39. The van der Waals surface area contributed by atoms with Crippen LogP contribution in [0, 0.1) is 0 Å². The summed E-state index contributed by atoms with van der Waals surface area (Å²) in [5.41, 5.74) is 3.00. The van der Waals surface area contributed by atoms with Crippen molar-refractivity contribution in [3.05, 3.63) is 18.2 Å². The maximum Gasteiger partial charge on any atom is 0.128 e. The zero-order valence-electron chi connectivity index (χ0n) is 11.0. The van der Waals surface area contributed by atoms with Gasteiger partial charge in [-0.15, -0.1) is 0 Å². The Balaban J connectivity index is 2.21. The lowest BCUT2D eigenvalue weighted by Crippen LogP contribution is -2.43. The molecule has 1 aromatic rings. The molecule has 3 unspecified atom stereocenters. The number of nitrogens with one attached hydrogen (secondary N) is 1. The molecule has 1 fully saturated rings. The average molecular weight is 286 g/mol. The number of hydrogen-bond donors (Lipinski definition) is 2. The van der Waals surface area contributed by atoms with Gasteiger partial charge < -0.3 is 4.57 Å². The van der Waals surface area contributed by atoms with Crippen LogP contribution >= 0.6 is 23.5 Å². The molecule has 1 aromatic heterocycles. The van der Waals surface area contributed by atoms with E-state index in [0.29, 0.717) is 10.5 Å². The van der Waals surface area contributed by atoms with Crippen LogP contribution in [-0.2, 0) is 6.54 Å². The molecule has 0 aromatic carbocycles. The molecule has 1 aliphatic rings. The molecule has 0 saturated carbocycles. The molecule has 2 heterocycles. The summed E-state index contributed by atoms with van der Waals surface area (Å²) in [5, 5.41) is 1.17. The van der Waals surface area contributed by atoms with Crippen molar-refractivity contribution >= 4 is 23.5 Å². The average Bonchev–Trinajstić information content (AvgIpc) is 2.88. The first kappa shape index (κ1) is 14.2. The normalized spacial score (nSPS) is 26.2. The van der Waals surface area contributed by atoms with Gasteiger partial charge in [0.05, 0.1) is 6.04 Å². The molecule has 0 amide bonds. The maximum atomic E-state index is 5.81. The number of aryl methyl sites for hydroxylation is 1. The maximum absolute atomic E-state index is 5.81. The molecule has 102 valence electrons. The Morgan fingerprint density at radius 1 is 1.50 bits per heavy atom. The zero-order valence-corrected chi connectivity index (χ0v) is 12.6. The molecule has 4 nitrogen and oxygen atoms in total. The lowest BCUT2D eigenvalue weighted by Gasteiger charge is -2.35. The second-order valence-corrected chi connectivity index (χ2v) is 7.00. The number of hydrogen-bond acceptors (Lipinski definition) is 5. The van der Waals surface area contributed by atoms with Crippen molar-refractivity contribution in [1.29, 1.82) is 0 Å². The van der Waals surface area contributed by atoms with Crippen LogP contribution in [-0.4, -0.2) is 31.6 Å². The van der Waals surface area contributed by atoms with E-state index in [9.17, 15) is 0 Å². The molecule has 0 bridgehead atoms. The van der Waals surface area contributed by atoms with Crippen molar-refractivity contribution in [3.63, 3.8) is 0 Å². The van der Waals surface area contributed by atoms with Gasteiger partial charge in [-0.3, -0.25) is 5.84 Å². The highest BCUT2D eigenvalue weighted by Gasteiger charge is 2.34. The van der Waals surface area contributed by atoms with E-state index in [-0.39, 0.29) is 6.04 Å². The van der Waals surface area contributed by atoms with Gasteiger partial charge in [0.15, 0.2) is 0 Å². The molecule has 0 radical (unpaired) electrons. The molecule has 18 heavy (non-hydrogen) atoms. The van der Waals surface area contributed by atoms with Gasteiger partial charge in [0.25, 0.3) is 0 Å². The monoisotopic (exact) mass is 286 g/mol. The number of rotatable bonds is 5. The summed E-state index contributed by atoms with van der Waals surface area (Å²) in [6, 6.07) is 0.141. The Kier molecular flexibility index (Phi) is 5.41. The molecule has 1 aliphatic heterocycles. The lowest BCUT2D eigenvalue weighted by molar-refractivity contribution is 0.469. The van der Waals surface area contributed by atoms with Gasteiger partial charge in [-0.25, -0.2) is 10.4 Å². The number of nitrogens with zero attached hydrogens (tertiary/aromatic N) is 2. The van der Waals surface area contributed by atoms with Gasteiger partial charge in [-0.1, -0.05) is 6.92 Å². The SMILES string of the molecule is CCC1SCCSC1C(NN)c1nccn1CC. The quantitative estimate of drug-likeness (QED) is 0.641. The van der Waals surface area contributed by atoms with Gasteiger partial charge >= 0.3 is 0 Å². The first-order valence-corrected chi connectivity index (χ1v) is 8.61. The Bertz CT molecular complexity index is 369. The predicted octanol–water partition coefficient (Wildman–Crippen LogP) is 2.03. The largest absolute Gasteiger partial charge is 0.334 e. The van der Waals surface area contributed by atoms with Crippen LogP contribution in [0.1, 0.15) is 32.1 Å². The van der Waals surface area contributed by atoms with E-state index in [0.717, 1.165) is 12.4 Å². The lowest BCUT2D eigenvalue weighted by atomic mass is 10.1. The van der Waals surface area contributed by atoms with Crippen molar-refractivity contribution in [2.75, 3.05) is 11.5 Å². The van der Waals surface area contributed by atoms with E-state index in [2.05, 4.69) is 40.6 Å². The van der Waals surface area contributed by atoms with Crippen LogP contribution in [0.5, 0.6) is 0 Å². The van der Waals surface area contributed by atoms with E-state index < -0.39 is 0 Å². The summed E-state index contributed by atoms with van der Waals surface area (Å²) >= 11 is 4.10. The van der Waals surface area contributed by atoms with Crippen LogP contribution in [0.4, 0.5) is 0 Å². The van der Waals surface area contributed by atoms with E-state index in [1.165, 1.54) is 17.9 Å². The molecule has 3 N–H and O–H groups in total.